The molecule has 0 aliphatic heterocycles. The molecular formula is C35H70F2N10O9S. The lowest BCUT2D eigenvalue weighted by Crippen LogP contribution is -2.28. The van der Waals surface area contributed by atoms with Crippen LogP contribution < -0.4 is 31.3 Å². The molecule has 0 aliphatic carbocycles. The highest BCUT2D eigenvalue weighted by molar-refractivity contribution is 7.80. The lowest BCUT2D eigenvalue weighted by molar-refractivity contribution is -0.131. The number of carbonyl (C=O) groups is 3. The van der Waals surface area contributed by atoms with Crippen molar-refractivity contribution in [3.63, 3.8) is 0 Å². The second kappa shape index (κ2) is 55.2. The maximum Gasteiger partial charge on any atom is 0.406 e. The van der Waals surface area contributed by atoms with Crippen molar-refractivity contribution in [2.75, 3.05) is 65.5 Å². The Hall–Kier alpha value is -5.12. The second-order valence-corrected chi connectivity index (χ2v) is 9.66. The first-order valence-corrected chi connectivity index (χ1v) is 18.7. The van der Waals surface area contributed by atoms with Gasteiger partial charge in [-0.3, -0.25) is 14.3 Å². The number of anilines is 1. The van der Waals surface area contributed by atoms with Gasteiger partial charge in [-0.05, 0) is 72.8 Å². The monoisotopic (exact) mass is 845 g/mol. The summed E-state index contributed by atoms with van der Waals surface area (Å²) < 4.78 is 47.0. The molecule has 334 valence electrons. The van der Waals surface area contributed by atoms with Gasteiger partial charge in [-0.15, -0.1) is 5.10 Å². The Kier molecular flexibility index (Phi) is 61.8. The molecule has 22 heteroatoms. The summed E-state index contributed by atoms with van der Waals surface area (Å²) in [6.07, 6.45) is 4.52. The number of aromatic nitrogens is 5. The van der Waals surface area contributed by atoms with Gasteiger partial charge in [0.15, 0.2) is 5.82 Å². The van der Waals surface area contributed by atoms with Crippen LogP contribution in [0.5, 0.6) is 5.88 Å². The van der Waals surface area contributed by atoms with Gasteiger partial charge >= 0.3 is 12.5 Å². The SMILES string of the molecule is CCC.CCNC(=O)C(F)F.CCNC(=O)OC.CCNC(=S)OC.CCNC(C)=O.CCNc1ccon1.CCO.CCOc1ccon1.CCn1ccnn1. The molecule has 0 aromatic carbocycles. The average molecular weight is 845 g/mol. The number of rotatable bonds is 10. The van der Waals surface area contributed by atoms with Crippen LogP contribution in [0, 0.1) is 0 Å². The van der Waals surface area contributed by atoms with Crippen molar-refractivity contribution in [1.82, 2.24) is 46.6 Å². The predicted molar refractivity (Wildman–Crippen MR) is 221 cm³/mol. The molecule has 0 radical (unpaired) electrons. The van der Waals surface area contributed by atoms with Crippen molar-refractivity contribution in [3.05, 3.63) is 37.1 Å². The standard InChI is InChI=1S/C5H8N2O.C5H7NO2.C4H7F2NO.C4H7N3.C4H9NO2.C4H9NOS.C4H9NO.C3H8.C2H6O/c1-2-6-5-3-4-8-7-5;1-2-7-5-3-4-8-6-5;1-2-7-4(8)3(5)6;1-2-7-4-3-5-6-7;1-3-5-4(6)7-2;1-3-5-4(7)6-2;1-3-5-4(2)6;1-3-2;1-2-3/h3-4H,2H2,1H3,(H,6,7);3-4H,2H2,1H3;3H,2H2,1H3,(H,7,8);3-4H,2H2,1H3;3H2,1-2H3,(H,5,6);3H2,1-2H3,(H,5,7);3H2,1-2H3,(H,5,6);3H2,1-2H3;3H,2H2,1H3. The van der Waals surface area contributed by atoms with Crippen molar-refractivity contribution in [1.29, 1.82) is 0 Å². The number of amides is 3. The maximum absolute atomic E-state index is 11.2. The van der Waals surface area contributed by atoms with E-state index in [1.54, 1.807) is 44.0 Å². The molecule has 0 bridgehead atoms. The van der Waals surface area contributed by atoms with Gasteiger partial charge in [-0.2, -0.15) is 8.78 Å². The minimum absolute atomic E-state index is 0.0394. The molecule has 0 atom stereocenters. The summed E-state index contributed by atoms with van der Waals surface area (Å²) >= 11 is 4.62. The van der Waals surface area contributed by atoms with Crippen molar-refractivity contribution < 1.29 is 51.5 Å². The molecule has 3 amide bonds. The van der Waals surface area contributed by atoms with Crippen molar-refractivity contribution >= 4 is 41.1 Å². The third-order valence-corrected chi connectivity index (χ3v) is 4.60. The molecule has 19 nitrogen and oxygen atoms in total. The molecule has 0 saturated heterocycles. The number of ether oxygens (including phenoxy) is 3. The number of hydrogen-bond acceptors (Lipinski definition) is 15. The molecule has 3 heterocycles. The fourth-order valence-electron chi connectivity index (χ4n) is 2.24. The molecule has 57 heavy (non-hydrogen) atoms. The van der Waals surface area contributed by atoms with Gasteiger partial charge in [0.1, 0.15) is 12.5 Å². The van der Waals surface area contributed by atoms with E-state index in [0.717, 1.165) is 32.0 Å². The van der Waals surface area contributed by atoms with Crippen LogP contribution in [0.1, 0.15) is 82.6 Å². The molecule has 3 aromatic rings. The first-order valence-electron chi connectivity index (χ1n) is 18.3. The first-order chi connectivity index (χ1) is 27.2. The molecular weight excluding hydrogens is 775 g/mol. The number of alkyl carbamates (subject to hydrolysis) is 1. The third-order valence-electron chi connectivity index (χ3n) is 4.29. The van der Waals surface area contributed by atoms with Crippen molar-refractivity contribution in [3.8, 4) is 5.88 Å². The van der Waals surface area contributed by atoms with Crippen LogP contribution in [-0.2, 0) is 25.6 Å². The minimum Gasteiger partial charge on any atom is -0.476 e. The number of carbonyl (C=O) groups excluding carboxylic acids is 3. The Morgan fingerprint density at radius 1 is 0.825 bits per heavy atom. The highest BCUT2D eigenvalue weighted by atomic mass is 32.1. The van der Waals surface area contributed by atoms with Crippen LogP contribution in [-0.4, -0.2) is 120 Å². The number of alkyl halides is 2. The van der Waals surface area contributed by atoms with E-state index in [-0.39, 0.29) is 25.2 Å². The van der Waals surface area contributed by atoms with Crippen LogP contribution in [0.2, 0.25) is 0 Å². The fourth-order valence-corrected chi connectivity index (χ4v) is 2.39. The number of thiocarbonyl (C=S) groups is 1. The third kappa shape index (κ3) is 63.1. The lowest BCUT2D eigenvalue weighted by atomic mass is 10.6. The summed E-state index contributed by atoms with van der Waals surface area (Å²) in [5, 5.41) is 35.2. The number of nitrogens with one attached hydrogen (secondary N) is 5. The Bertz CT molecular complexity index is 1140. The van der Waals surface area contributed by atoms with E-state index in [9.17, 15) is 23.2 Å². The van der Waals surface area contributed by atoms with Gasteiger partial charge in [0.05, 0.1) is 27.0 Å². The van der Waals surface area contributed by atoms with Gasteiger partial charge in [0, 0.05) is 71.1 Å². The molecule has 0 fully saturated rings. The van der Waals surface area contributed by atoms with E-state index >= 15 is 0 Å². The van der Waals surface area contributed by atoms with E-state index < -0.39 is 12.3 Å². The zero-order chi connectivity index (χ0) is 45.1. The summed E-state index contributed by atoms with van der Waals surface area (Å²) in [5.41, 5.74) is 0. The highest BCUT2D eigenvalue weighted by Gasteiger charge is 2.12. The smallest absolute Gasteiger partial charge is 0.406 e. The summed E-state index contributed by atoms with van der Waals surface area (Å²) in [5.74, 6) is 0.185. The molecule has 0 unspecified atom stereocenters. The Balaban J connectivity index is -0.000000130. The van der Waals surface area contributed by atoms with E-state index in [0.29, 0.717) is 24.2 Å². The molecule has 0 saturated carbocycles. The van der Waals surface area contributed by atoms with Crippen LogP contribution in [0.25, 0.3) is 0 Å². The van der Waals surface area contributed by atoms with Crippen LogP contribution in [0.15, 0.2) is 46.1 Å². The summed E-state index contributed by atoms with van der Waals surface area (Å²) in [4.78, 5) is 29.9. The molecule has 0 aliphatic rings. The molecule has 3 aromatic heterocycles. The van der Waals surface area contributed by atoms with Gasteiger partial charge in [-0.25, -0.2) is 4.79 Å². The average Bonchev–Trinajstić information content (AvgIpc) is 4.00. The minimum atomic E-state index is -2.88. The maximum atomic E-state index is 11.2. The molecule has 6 N–H and O–H groups in total. The topological polar surface area (TPSA) is 242 Å². The Morgan fingerprint density at radius 2 is 1.35 bits per heavy atom. The van der Waals surface area contributed by atoms with Crippen LogP contribution in [0.4, 0.5) is 19.4 Å². The van der Waals surface area contributed by atoms with Gasteiger partial charge < -0.3 is 54.9 Å². The largest absolute Gasteiger partial charge is 0.476 e. The number of nitrogens with zero attached hydrogens (tertiary/aromatic N) is 5. The highest BCUT2D eigenvalue weighted by Crippen LogP contribution is 2.02. The number of aryl methyl sites for hydroxylation is 1. The first kappa shape index (κ1) is 63.8. The fraction of sp³-hybridized carbons (Fsp3) is 0.657. The number of hydrogen-bond donors (Lipinski definition) is 6. The quantitative estimate of drug-likeness (QED) is 0.142. The lowest BCUT2D eigenvalue weighted by Gasteiger charge is -1.99. The van der Waals surface area contributed by atoms with E-state index in [1.807, 2.05) is 53.1 Å². The summed E-state index contributed by atoms with van der Waals surface area (Å²) in [6.45, 7) is 25.7. The number of aliphatic hydroxyl groups is 1. The van der Waals surface area contributed by atoms with Crippen LogP contribution >= 0.6 is 12.2 Å². The van der Waals surface area contributed by atoms with Crippen molar-refractivity contribution in [2.24, 2.45) is 0 Å². The Labute approximate surface area is 342 Å². The van der Waals surface area contributed by atoms with Crippen LogP contribution in [0.3, 0.4) is 0 Å². The summed E-state index contributed by atoms with van der Waals surface area (Å²) in [6, 6.07) is 3.45. The Morgan fingerprint density at radius 3 is 1.58 bits per heavy atom. The van der Waals surface area contributed by atoms with Crippen molar-refractivity contribution in [2.45, 2.75) is 95.6 Å². The zero-order valence-electron chi connectivity index (χ0n) is 36.0. The van der Waals surface area contributed by atoms with Gasteiger partial charge in [0.25, 0.3) is 17.0 Å². The number of methoxy groups -OCH3 is 2. The van der Waals surface area contributed by atoms with Gasteiger partial charge in [-0.1, -0.05) is 30.6 Å². The van der Waals surface area contributed by atoms with E-state index in [2.05, 4.69) is 86.5 Å². The molecule has 0 spiro atoms. The van der Waals surface area contributed by atoms with Gasteiger partial charge in [0.2, 0.25) is 5.91 Å². The number of aliphatic hydroxyl groups excluding tert-OH is 1. The second-order valence-electron chi connectivity index (χ2n) is 9.29. The van der Waals surface area contributed by atoms with E-state index in [4.69, 9.17) is 9.84 Å². The molecule has 3 rings (SSSR count). The number of halogens is 2. The van der Waals surface area contributed by atoms with E-state index in [1.165, 1.54) is 33.0 Å². The normalized spacial score (nSPS) is 8.37. The summed E-state index contributed by atoms with van der Waals surface area (Å²) in [7, 11) is 2.88. The zero-order valence-corrected chi connectivity index (χ0v) is 36.8. The predicted octanol–water partition coefficient (Wildman–Crippen LogP) is 5.31.